The lowest BCUT2D eigenvalue weighted by Gasteiger charge is -2.02. The molecule has 1 saturated carbocycles. The number of aromatic nitrogens is 1. The zero-order chi connectivity index (χ0) is 14.4. The van der Waals surface area contributed by atoms with E-state index in [4.69, 9.17) is 9.15 Å². The summed E-state index contributed by atoms with van der Waals surface area (Å²) in [6, 6.07) is 9.42. The molecule has 0 atom stereocenters. The van der Waals surface area contributed by atoms with Crippen LogP contribution in [0.3, 0.4) is 0 Å². The molecule has 106 valence electrons. The van der Waals surface area contributed by atoms with Gasteiger partial charge in [0, 0.05) is 16.8 Å². The van der Waals surface area contributed by atoms with Crippen molar-refractivity contribution in [2.24, 2.45) is 5.92 Å². The van der Waals surface area contributed by atoms with E-state index < -0.39 is 0 Å². The van der Waals surface area contributed by atoms with Gasteiger partial charge in [-0.05, 0) is 43.2 Å². The highest BCUT2D eigenvalue weighted by Gasteiger charge is 2.34. The average molecular weight is 281 g/mol. The first-order valence-electron chi connectivity index (χ1n) is 7.05. The standard InChI is InChI=1S/C17H15NO3/c1-20-11-6-7-13-12(9-11)15(17(19)10-4-5-10)16(18-13)14-3-2-8-21-14/h2-3,6-10,18H,4-5H2,1H3. The summed E-state index contributed by atoms with van der Waals surface area (Å²) in [7, 11) is 1.63. The summed E-state index contributed by atoms with van der Waals surface area (Å²) in [5.41, 5.74) is 2.41. The number of carbonyl (C=O) groups is 1. The molecule has 3 aromatic rings. The largest absolute Gasteiger partial charge is 0.497 e. The van der Waals surface area contributed by atoms with E-state index in [1.54, 1.807) is 13.4 Å². The minimum absolute atomic E-state index is 0.156. The van der Waals surface area contributed by atoms with E-state index in [1.165, 1.54) is 0 Å². The fourth-order valence-electron chi connectivity index (χ4n) is 2.71. The highest BCUT2D eigenvalue weighted by molar-refractivity contribution is 6.14. The first-order chi connectivity index (χ1) is 10.3. The van der Waals surface area contributed by atoms with E-state index in [1.807, 2.05) is 30.3 Å². The Labute approximate surface area is 121 Å². The summed E-state index contributed by atoms with van der Waals surface area (Å²) >= 11 is 0. The van der Waals surface area contributed by atoms with Gasteiger partial charge in [0.05, 0.1) is 24.6 Å². The SMILES string of the molecule is COc1ccc2[nH]c(-c3ccco3)c(C(=O)C3CC3)c2c1. The number of ether oxygens (including phenoxy) is 1. The van der Waals surface area contributed by atoms with Crippen LogP contribution in [0.1, 0.15) is 23.2 Å². The Hall–Kier alpha value is -2.49. The molecule has 0 bridgehead atoms. The molecule has 0 saturated heterocycles. The summed E-state index contributed by atoms with van der Waals surface area (Å²) < 4.78 is 10.8. The van der Waals surface area contributed by atoms with Crippen LogP contribution in [0.2, 0.25) is 0 Å². The molecule has 1 aliphatic rings. The van der Waals surface area contributed by atoms with Crippen molar-refractivity contribution in [1.82, 2.24) is 4.98 Å². The van der Waals surface area contributed by atoms with E-state index in [0.717, 1.165) is 40.8 Å². The monoisotopic (exact) mass is 281 g/mol. The molecular weight excluding hydrogens is 266 g/mol. The van der Waals surface area contributed by atoms with Gasteiger partial charge >= 0.3 is 0 Å². The third kappa shape index (κ3) is 1.95. The predicted molar refractivity (Wildman–Crippen MR) is 79.6 cm³/mol. The number of aromatic amines is 1. The number of rotatable bonds is 4. The van der Waals surface area contributed by atoms with Crippen LogP contribution in [0, 0.1) is 5.92 Å². The maximum Gasteiger partial charge on any atom is 0.168 e. The maximum absolute atomic E-state index is 12.7. The van der Waals surface area contributed by atoms with Crippen molar-refractivity contribution in [2.45, 2.75) is 12.8 Å². The average Bonchev–Trinajstić information content (AvgIpc) is 3.09. The molecule has 2 aromatic heterocycles. The third-order valence-electron chi connectivity index (χ3n) is 3.97. The molecule has 4 rings (SSSR count). The Morgan fingerprint density at radius 1 is 1.33 bits per heavy atom. The second-order valence-corrected chi connectivity index (χ2v) is 5.40. The number of nitrogens with one attached hydrogen (secondary N) is 1. The molecule has 4 nitrogen and oxygen atoms in total. The van der Waals surface area contributed by atoms with Gasteiger partial charge in [0.25, 0.3) is 0 Å². The molecule has 0 amide bonds. The summed E-state index contributed by atoms with van der Waals surface area (Å²) in [6.07, 6.45) is 3.58. The first kappa shape index (κ1) is 12.3. The van der Waals surface area contributed by atoms with Gasteiger partial charge in [-0.3, -0.25) is 4.79 Å². The van der Waals surface area contributed by atoms with Crippen molar-refractivity contribution >= 4 is 16.7 Å². The van der Waals surface area contributed by atoms with Crippen molar-refractivity contribution < 1.29 is 13.9 Å². The van der Waals surface area contributed by atoms with E-state index in [2.05, 4.69) is 4.98 Å². The van der Waals surface area contributed by atoms with E-state index in [0.29, 0.717) is 5.76 Å². The normalized spacial score (nSPS) is 14.5. The van der Waals surface area contributed by atoms with Crippen LogP contribution in [0.15, 0.2) is 41.0 Å². The molecule has 21 heavy (non-hydrogen) atoms. The highest BCUT2D eigenvalue weighted by atomic mass is 16.5. The fraction of sp³-hybridized carbons (Fsp3) is 0.235. The number of methoxy groups -OCH3 is 1. The van der Waals surface area contributed by atoms with Gasteiger partial charge in [-0.15, -0.1) is 0 Å². The molecule has 1 N–H and O–H groups in total. The number of hydrogen-bond donors (Lipinski definition) is 1. The zero-order valence-corrected chi connectivity index (χ0v) is 11.7. The number of furan rings is 1. The molecule has 1 aromatic carbocycles. The number of carbonyl (C=O) groups excluding carboxylic acids is 1. The van der Waals surface area contributed by atoms with Gasteiger partial charge in [-0.1, -0.05) is 0 Å². The lowest BCUT2D eigenvalue weighted by molar-refractivity contribution is 0.0970. The Bertz CT molecular complexity index is 810. The van der Waals surface area contributed by atoms with Crippen LogP contribution < -0.4 is 4.74 Å². The Balaban J connectivity index is 1.99. The van der Waals surface area contributed by atoms with Crippen molar-refractivity contribution in [2.75, 3.05) is 7.11 Å². The van der Waals surface area contributed by atoms with Gasteiger partial charge in [0.1, 0.15) is 5.75 Å². The second-order valence-electron chi connectivity index (χ2n) is 5.40. The van der Waals surface area contributed by atoms with Gasteiger partial charge in [-0.2, -0.15) is 0 Å². The summed E-state index contributed by atoms with van der Waals surface area (Å²) in [6.45, 7) is 0. The van der Waals surface area contributed by atoms with Crippen molar-refractivity contribution in [3.63, 3.8) is 0 Å². The Morgan fingerprint density at radius 2 is 2.19 bits per heavy atom. The summed E-state index contributed by atoms with van der Waals surface area (Å²) in [5.74, 6) is 1.79. The quantitative estimate of drug-likeness (QED) is 0.734. The maximum atomic E-state index is 12.7. The number of ketones is 1. The molecule has 0 aliphatic heterocycles. The molecule has 4 heteroatoms. The van der Waals surface area contributed by atoms with E-state index in [9.17, 15) is 4.79 Å². The Kier molecular flexibility index (Phi) is 2.64. The Morgan fingerprint density at radius 3 is 2.86 bits per heavy atom. The van der Waals surface area contributed by atoms with Crippen molar-refractivity contribution in [3.05, 3.63) is 42.2 Å². The molecule has 0 spiro atoms. The highest BCUT2D eigenvalue weighted by Crippen LogP contribution is 2.39. The number of H-pyrrole nitrogens is 1. The minimum atomic E-state index is 0.156. The van der Waals surface area contributed by atoms with Gasteiger partial charge < -0.3 is 14.1 Å². The van der Waals surface area contributed by atoms with Gasteiger partial charge in [0.2, 0.25) is 0 Å². The van der Waals surface area contributed by atoms with Crippen LogP contribution in [-0.2, 0) is 0 Å². The first-order valence-corrected chi connectivity index (χ1v) is 7.05. The minimum Gasteiger partial charge on any atom is -0.497 e. The smallest absolute Gasteiger partial charge is 0.168 e. The van der Waals surface area contributed by atoms with Gasteiger partial charge in [-0.25, -0.2) is 0 Å². The van der Waals surface area contributed by atoms with Crippen LogP contribution in [0.4, 0.5) is 0 Å². The van der Waals surface area contributed by atoms with Gasteiger partial charge in [0.15, 0.2) is 11.5 Å². The number of benzene rings is 1. The zero-order valence-electron chi connectivity index (χ0n) is 11.7. The number of fused-ring (bicyclic) bond motifs is 1. The van der Waals surface area contributed by atoms with Crippen LogP contribution in [0.5, 0.6) is 5.75 Å². The summed E-state index contributed by atoms with van der Waals surface area (Å²) in [5, 5.41) is 0.901. The topological polar surface area (TPSA) is 55.2 Å². The second kappa shape index (κ2) is 4.52. The molecule has 0 unspecified atom stereocenters. The molecule has 0 radical (unpaired) electrons. The predicted octanol–water partition coefficient (Wildman–Crippen LogP) is 4.03. The fourth-order valence-corrected chi connectivity index (χ4v) is 2.71. The number of Topliss-reactive ketones (excluding diaryl/α,β-unsaturated/α-hetero) is 1. The third-order valence-corrected chi connectivity index (χ3v) is 3.97. The summed E-state index contributed by atoms with van der Waals surface area (Å²) in [4.78, 5) is 16.0. The van der Waals surface area contributed by atoms with Crippen molar-refractivity contribution in [1.29, 1.82) is 0 Å². The molecular formula is C17H15NO3. The van der Waals surface area contributed by atoms with Crippen molar-refractivity contribution in [3.8, 4) is 17.2 Å². The van der Waals surface area contributed by atoms with Crippen LogP contribution in [-0.4, -0.2) is 17.9 Å². The molecule has 1 aliphatic carbocycles. The van der Waals surface area contributed by atoms with Crippen LogP contribution in [0.25, 0.3) is 22.4 Å². The lowest BCUT2D eigenvalue weighted by Crippen LogP contribution is -2.02. The molecule has 2 heterocycles. The van der Waals surface area contributed by atoms with E-state index >= 15 is 0 Å². The van der Waals surface area contributed by atoms with E-state index in [-0.39, 0.29) is 11.7 Å². The molecule has 1 fully saturated rings. The lowest BCUT2D eigenvalue weighted by atomic mass is 10.0. The number of hydrogen-bond acceptors (Lipinski definition) is 3. The van der Waals surface area contributed by atoms with Crippen LogP contribution >= 0.6 is 0 Å².